The van der Waals surface area contributed by atoms with Crippen molar-refractivity contribution >= 4 is 11.9 Å². The zero-order chi connectivity index (χ0) is 24.1. The first-order chi connectivity index (χ1) is 16.5. The van der Waals surface area contributed by atoms with E-state index in [1.54, 1.807) is 0 Å². The zero-order valence-corrected chi connectivity index (χ0v) is 20.1. The second kappa shape index (κ2) is 10.6. The maximum absolute atomic E-state index is 13.6. The van der Waals surface area contributed by atoms with E-state index in [2.05, 4.69) is 4.57 Å². The summed E-state index contributed by atoms with van der Waals surface area (Å²) in [5, 5.41) is 0. The fraction of sp³-hybridized carbons (Fsp3) is 0.357. The van der Waals surface area contributed by atoms with E-state index in [9.17, 15) is 9.59 Å². The fourth-order valence-electron chi connectivity index (χ4n) is 4.62. The van der Waals surface area contributed by atoms with Gasteiger partial charge in [0.1, 0.15) is 5.75 Å². The van der Waals surface area contributed by atoms with Gasteiger partial charge in [0, 0.05) is 18.8 Å². The van der Waals surface area contributed by atoms with Gasteiger partial charge in [0.2, 0.25) is 0 Å². The van der Waals surface area contributed by atoms with Crippen molar-refractivity contribution in [3.63, 3.8) is 0 Å². The van der Waals surface area contributed by atoms with Crippen LogP contribution in [0.1, 0.15) is 42.7 Å². The molecule has 1 aliphatic heterocycles. The Morgan fingerprint density at radius 2 is 1.62 bits per heavy atom. The number of likely N-dealkylation sites (tertiary alicyclic amines) is 1. The number of nitrogens with zero attached hydrogens (tertiary/aromatic N) is 2. The van der Waals surface area contributed by atoms with Gasteiger partial charge in [-0.05, 0) is 57.4 Å². The molecule has 3 aromatic rings. The highest BCUT2D eigenvalue weighted by Gasteiger charge is 2.31. The van der Waals surface area contributed by atoms with Gasteiger partial charge in [-0.2, -0.15) is 0 Å². The maximum atomic E-state index is 13.6. The second-order valence-electron chi connectivity index (χ2n) is 8.45. The third kappa shape index (κ3) is 4.72. The summed E-state index contributed by atoms with van der Waals surface area (Å²) in [5.41, 5.74) is 4.40. The average molecular weight is 461 g/mol. The minimum Gasteiger partial charge on any atom is -0.492 e. The SMILES string of the molecule is CCOC(=O)C1CCN(C(=O)c2cc(-c3ccccc3)n(-c3ccccc3OCC)c2C)CC1. The average Bonchev–Trinajstić information content (AvgIpc) is 3.21. The lowest BCUT2D eigenvalue weighted by Gasteiger charge is -2.31. The Morgan fingerprint density at radius 1 is 0.941 bits per heavy atom. The minimum absolute atomic E-state index is 0.00960. The van der Waals surface area contributed by atoms with E-state index >= 15 is 0 Å². The molecule has 0 bridgehead atoms. The van der Waals surface area contributed by atoms with Crippen LogP contribution in [0.15, 0.2) is 60.7 Å². The number of benzene rings is 2. The molecule has 1 aliphatic rings. The predicted octanol–water partition coefficient (Wildman–Crippen LogP) is 5.27. The van der Waals surface area contributed by atoms with Crippen molar-refractivity contribution in [1.29, 1.82) is 0 Å². The number of amides is 1. The van der Waals surface area contributed by atoms with E-state index in [4.69, 9.17) is 9.47 Å². The molecule has 0 saturated carbocycles. The molecular formula is C28H32N2O4. The molecule has 1 aromatic heterocycles. The van der Waals surface area contributed by atoms with Crippen LogP contribution < -0.4 is 4.74 Å². The van der Waals surface area contributed by atoms with Gasteiger partial charge in [0.25, 0.3) is 5.91 Å². The van der Waals surface area contributed by atoms with Crippen molar-refractivity contribution in [3.05, 3.63) is 71.9 Å². The molecule has 1 saturated heterocycles. The highest BCUT2D eigenvalue weighted by Crippen LogP contribution is 2.34. The van der Waals surface area contributed by atoms with E-state index in [-0.39, 0.29) is 17.8 Å². The molecule has 4 rings (SSSR count). The predicted molar refractivity (Wildman–Crippen MR) is 132 cm³/mol. The molecule has 0 unspecified atom stereocenters. The summed E-state index contributed by atoms with van der Waals surface area (Å²) in [4.78, 5) is 27.6. The number of hydrogen-bond acceptors (Lipinski definition) is 4. The first kappa shape index (κ1) is 23.6. The minimum atomic E-state index is -0.157. The molecule has 0 spiro atoms. The molecule has 1 fully saturated rings. The van der Waals surface area contributed by atoms with Crippen molar-refractivity contribution in [2.45, 2.75) is 33.6 Å². The Balaban J connectivity index is 1.70. The highest BCUT2D eigenvalue weighted by molar-refractivity contribution is 5.97. The van der Waals surface area contributed by atoms with Crippen molar-refractivity contribution in [2.24, 2.45) is 5.92 Å². The molecule has 0 atom stereocenters. The summed E-state index contributed by atoms with van der Waals surface area (Å²) in [5.74, 6) is 0.475. The quantitative estimate of drug-likeness (QED) is 0.451. The monoisotopic (exact) mass is 460 g/mol. The van der Waals surface area contributed by atoms with Crippen molar-refractivity contribution < 1.29 is 19.1 Å². The number of carbonyl (C=O) groups is 2. The summed E-state index contributed by atoms with van der Waals surface area (Å²) in [6.07, 6.45) is 1.26. The number of rotatable bonds is 7. The number of aromatic nitrogens is 1. The van der Waals surface area contributed by atoms with Crippen LogP contribution in [0.4, 0.5) is 0 Å². The molecule has 2 heterocycles. The first-order valence-electron chi connectivity index (χ1n) is 12.0. The number of piperidine rings is 1. The van der Waals surface area contributed by atoms with E-state index in [1.165, 1.54) is 0 Å². The Labute approximate surface area is 201 Å². The summed E-state index contributed by atoms with van der Waals surface area (Å²) >= 11 is 0. The first-order valence-corrected chi connectivity index (χ1v) is 12.0. The smallest absolute Gasteiger partial charge is 0.309 e. The third-order valence-electron chi connectivity index (χ3n) is 6.36. The van der Waals surface area contributed by atoms with Crippen LogP contribution in [0, 0.1) is 12.8 Å². The van der Waals surface area contributed by atoms with Crippen LogP contribution in [-0.2, 0) is 9.53 Å². The lowest BCUT2D eigenvalue weighted by molar-refractivity contribution is -0.149. The lowest BCUT2D eigenvalue weighted by Crippen LogP contribution is -2.40. The molecule has 6 nitrogen and oxygen atoms in total. The van der Waals surface area contributed by atoms with Gasteiger partial charge < -0.3 is 18.9 Å². The third-order valence-corrected chi connectivity index (χ3v) is 6.36. The van der Waals surface area contributed by atoms with Crippen LogP contribution in [0.25, 0.3) is 16.9 Å². The van der Waals surface area contributed by atoms with Gasteiger partial charge in [0.15, 0.2) is 0 Å². The van der Waals surface area contributed by atoms with Crippen molar-refractivity contribution in [3.8, 4) is 22.7 Å². The van der Waals surface area contributed by atoms with Gasteiger partial charge in [-0.1, -0.05) is 42.5 Å². The second-order valence-corrected chi connectivity index (χ2v) is 8.45. The molecule has 6 heteroatoms. The van der Waals surface area contributed by atoms with E-state index < -0.39 is 0 Å². The molecule has 34 heavy (non-hydrogen) atoms. The van der Waals surface area contributed by atoms with Gasteiger partial charge in [-0.15, -0.1) is 0 Å². The normalized spacial score (nSPS) is 14.1. The molecule has 1 amide bonds. The van der Waals surface area contributed by atoms with Crippen LogP contribution in [0.5, 0.6) is 5.75 Å². The van der Waals surface area contributed by atoms with Crippen LogP contribution >= 0.6 is 0 Å². The largest absolute Gasteiger partial charge is 0.492 e. The zero-order valence-electron chi connectivity index (χ0n) is 20.1. The Bertz CT molecular complexity index is 1140. The van der Waals surface area contributed by atoms with Crippen LogP contribution in [0.2, 0.25) is 0 Å². The van der Waals surface area contributed by atoms with E-state index in [0.29, 0.717) is 44.7 Å². The molecule has 0 aliphatic carbocycles. The van der Waals surface area contributed by atoms with Gasteiger partial charge in [-0.25, -0.2) is 0 Å². The highest BCUT2D eigenvalue weighted by atomic mass is 16.5. The summed E-state index contributed by atoms with van der Waals surface area (Å²) in [6.45, 7) is 7.79. The molecule has 2 aromatic carbocycles. The number of esters is 1. The lowest BCUT2D eigenvalue weighted by atomic mass is 9.96. The Hall–Kier alpha value is -3.54. The number of carbonyl (C=O) groups excluding carboxylic acids is 2. The number of ether oxygens (including phenoxy) is 2. The Morgan fingerprint density at radius 3 is 2.29 bits per heavy atom. The standard InChI is InChI=1S/C28H32N2O4/c1-4-33-26-14-10-9-13-24(26)30-20(3)23(19-25(30)21-11-7-6-8-12-21)27(31)29-17-15-22(16-18-29)28(32)34-5-2/h6-14,19,22H,4-5,15-18H2,1-3H3. The van der Waals surface area contributed by atoms with Crippen LogP contribution in [-0.4, -0.2) is 47.6 Å². The van der Waals surface area contributed by atoms with E-state index in [0.717, 1.165) is 28.4 Å². The molecular weight excluding hydrogens is 428 g/mol. The van der Waals surface area contributed by atoms with Gasteiger partial charge >= 0.3 is 5.97 Å². The van der Waals surface area contributed by atoms with Crippen molar-refractivity contribution in [1.82, 2.24) is 9.47 Å². The molecule has 178 valence electrons. The number of para-hydroxylation sites is 2. The topological polar surface area (TPSA) is 60.8 Å². The van der Waals surface area contributed by atoms with Gasteiger partial charge in [0.05, 0.1) is 36.1 Å². The summed E-state index contributed by atoms with van der Waals surface area (Å²) < 4.78 is 13.2. The molecule has 0 N–H and O–H groups in total. The summed E-state index contributed by atoms with van der Waals surface area (Å²) in [6, 6.07) is 20.0. The van der Waals surface area contributed by atoms with E-state index in [1.807, 2.05) is 86.3 Å². The fourth-order valence-corrected chi connectivity index (χ4v) is 4.62. The molecule has 0 radical (unpaired) electrons. The van der Waals surface area contributed by atoms with Crippen molar-refractivity contribution in [2.75, 3.05) is 26.3 Å². The Kier molecular flexibility index (Phi) is 7.36. The van der Waals surface area contributed by atoms with Crippen LogP contribution in [0.3, 0.4) is 0 Å². The summed E-state index contributed by atoms with van der Waals surface area (Å²) in [7, 11) is 0. The maximum Gasteiger partial charge on any atom is 0.309 e. The van der Waals surface area contributed by atoms with Gasteiger partial charge in [-0.3, -0.25) is 9.59 Å². The number of hydrogen-bond donors (Lipinski definition) is 0.